The molecule has 0 fully saturated rings. The van der Waals surface area contributed by atoms with Gasteiger partial charge in [0, 0.05) is 10.1 Å². The smallest absolute Gasteiger partial charge is 0.144 e. The third-order valence-electron chi connectivity index (χ3n) is 2.26. The summed E-state index contributed by atoms with van der Waals surface area (Å²) < 4.78 is 6.81. The number of hydrogen-bond donors (Lipinski definition) is 1. The van der Waals surface area contributed by atoms with Gasteiger partial charge in [0.2, 0.25) is 0 Å². The molecule has 1 aromatic heterocycles. The first kappa shape index (κ1) is 13.1. The van der Waals surface area contributed by atoms with Gasteiger partial charge in [-0.25, -0.2) is 4.98 Å². The Bertz CT molecular complexity index is 485. The van der Waals surface area contributed by atoms with E-state index in [1.165, 1.54) is 3.57 Å². The first-order valence-electron chi connectivity index (χ1n) is 5.71. The summed E-state index contributed by atoms with van der Waals surface area (Å²) in [7, 11) is 0. The first-order chi connectivity index (χ1) is 8.78. The van der Waals surface area contributed by atoms with Crippen molar-refractivity contribution in [3.05, 3.63) is 45.9 Å². The summed E-state index contributed by atoms with van der Waals surface area (Å²) in [6.45, 7) is 3.29. The zero-order valence-electron chi connectivity index (χ0n) is 10.1. The van der Waals surface area contributed by atoms with Gasteiger partial charge < -0.3 is 10.1 Å². The van der Waals surface area contributed by atoms with Gasteiger partial charge in [0.05, 0.1) is 18.1 Å². The van der Waals surface area contributed by atoms with Crippen LogP contribution in [0.2, 0.25) is 0 Å². The van der Waals surface area contributed by atoms with Crippen molar-refractivity contribution in [2.24, 2.45) is 0 Å². The second-order valence-corrected chi connectivity index (χ2v) is 4.91. The normalized spacial score (nSPS) is 10.1. The van der Waals surface area contributed by atoms with Crippen molar-refractivity contribution in [1.29, 1.82) is 0 Å². The van der Waals surface area contributed by atoms with Gasteiger partial charge in [0.15, 0.2) is 0 Å². The number of rotatable bonds is 5. The molecular formula is C13H14IN3O. The molecule has 1 heterocycles. The lowest BCUT2D eigenvalue weighted by Crippen LogP contribution is -2.03. The topological polar surface area (TPSA) is 47.0 Å². The summed E-state index contributed by atoms with van der Waals surface area (Å²) in [5.41, 5.74) is 0.815. The quantitative estimate of drug-likeness (QED) is 0.838. The van der Waals surface area contributed by atoms with Crippen LogP contribution in [0.5, 0.6) is 5.75 Å². The Labute approximate surface area is 120 Å². The molecule has 5 heteroatoms. The fraction of sp³-hybridized carbons (Fsp3) is 0.231. The van der Waals surface area contributed by atoms with Crippen LogP contribution in [0.25, 0.3) is 0 Å². The van der Waals surface area contributed by atoms with Gasteiger partial charge in [0.25, 0.3) is 0 Å². The maximum atomic E-state index is 5.62. The lowest BCUT2D eigenvalue weighted by atomic mass is 10.3. The summed E-state index contributed by atoms with van der Waals surface area (Å²) in [5, 5.41) is 3.10. The highest BCUT2D eigenvalue weighted by molar-refractivity contribution is 14.1. The van der Waals surface area contributed by atoms with Crippen LogP contribution in [0.1, 0.15) is 12.6 Å². The maximum Gasteiger partial charge on any atom is 0.144 e. The largest absolute Gasteiger partial charge is 0.487 e. The van der Waals surface area contributed by atoms with Crippen LogP contribution in [0.4, 0.5) is 5.82 Å². The van der Waals surface area contributed by atoms with E-state index in [0.29, 0.717) is 6.61 Å². The van der Waals surface area contributed by atoms with E-state index in [1.54, 1.807) is 12.4 Å². The van der Waals surface area contributed by atoms with Crippen molar-refractivity contribution in [1.82, 2.24) is 9.97 Å². The van der Waals surface area contributed by atoms with Crippen molar-refractivity contribution in [2.75, 3.05) is 11.9 Å². The van der Waals surface area contributed by atoms with Gasteiger partial charge in [-0.15, -0.1) is 0 Å². The minimum atomic E-state index is 0.431. The van der Waals surface area contributed by atoms with Crippen LogP contribution in [0.3, 0.4) is 0 Å². The van der Waals surface area contributed by atoms with Crippen molar-refractivity contribution in [3.63, 3.8) is 0 Å². The summed E-state index contributed by atoms with van der Waals surface area (Å²) in [6, 6.07) is 7.91. The van der Waals surface area contributed by atoms with E-state index >= 15 is 0 Å². The molecule has 94 valence electrons. The number of hydrogen-bond acceptors (Lipinski definition) is 4. The zero-order valence-corrected chi connectivity index (χ0v) is 12.2. The molecule has 0 bridgehead atoms. The van der Waals surface area contributed by atoms with E-state index in [1.807, 2.05) is 31.2 Å². The number of nitrogens with one attached hydrogen (secondary N) is 1. The molecule has 0 saturated heterocycles. The number of nitrogens with zero attached hydrogens (tertiary/aromatic N) is 2. The SMILES string of the molecule is CCNc1cnc(COc2ccc(I)cc2)cn1. The second-order valence-electron chi connectivity index (χ2n) is 3.67. The standard InChI is InChI=1S/C13H14IN3O/c1-2-15-13-8-16-11(7-17-13)9-18-12-5-3-10(14)4-6-12/h3-8H,2,9H2,1H3,(H,15,17). The van der Waals surface area contributed by atoms with Crippen LogP contribution in [-0.4, -0.2) is 16.5 Å². The van der Waals surface area contributed by atoms with Crippen LogP contribution in [0, 0.1) is 3.57 Å². The minimum absolute atomic E-state index is 0.431. The lowest BCUT2D eigenvalue weighted by Gasteiger charge is -2.06. The number of anilines is 1. The average Bonchev–Trinajstić information content (AvgIpc) is 2.40. The summed E-state index contributed by atoms with van der Waals surface area (Å²) in [5.74, 6) is 1.63. The summed E-state index contributed by atoms with van der Waals surface area (Å²) in [4.78, 5) is 8.52. The van der Waals surface area contributed by atoms with Gasteiger partial charge in [-0.3, -0.25) is 4.98 Å². The molecule has 1 aromatic carbocycles. The fourth-order valence-corrected chi connectivity index (χ4v) is 1.75. The molecular weight excluding hydrogens is 341 g/mol. The summed E-state index contributed by atoms with van der Waals surface area (Å²) in [6.07, 6.45) is 3.45. The number of benzene rings is 1. The molecule has 18 heavy (non-hydrogen) atoms. The van der Waals surface area contributed by atoms with Crippen molar-refractivity contribution in [3.8, 4) is 5.75 Å². The molecule has 4 nitrogen and oxygen atoms in total. The molecule has 0 amide bonds. The molecule has 0 unspecified atom stereocenters. The molecule has 1 N–H and O–H groups in total. The molecule has 2 aromatic rings. The van der Waals surface area contributed by atoms with Crippen LogP contribution in [-0.2, 0) is 6.61 Å². The predicted octanol–water partition coefficient (Wildman–Crippen LogP) is 3.09. The molecule has 0 aliphatic rings. The molecule has 0 radical (unpaired) electrons. The highest BCUT2D eigenvalue weighted by Gasteiger charge is 1.99. The third kappa shape index (κ3) is 3.83. The van der Waals surface area contributed by atoms with Gasteiger partial charge in [-0.05, 0) is 53.8 Å². The van der Waals surface area contributed by atoms with Crippen LogP contribution in [0.15, 0.2) is 36.7 Å². The number of halogens is 1. The van der Waals surface area contributed by atoms with E-state index < -0.39 is 0 Å². The van der Waals surface area contributed by atoms with Crippen LogP contribution < -0.4 is 10.1 Å². The van der Waals surface area contributed by atoms with Gasteiger partial charge in [-0.1, -0.05) is 0 Å². The average molecular weight is 355 g/mol. The van der Waals surface area contributed by atoms with E-state index in [4.69, 9.17) is 4.74 Å². The highest BCUT2D eigenvalue weighted by Crippen LogP contribution is 2.14. The summed E-state index contributed by atoms with van der Waals surface area (Å²) >= 11 is 2.26. The molecule has 0 aliphatic heterocycles. The molecule has 0 saturated carbocycles. The Balaban J connectivity index is 1.91. The predicted molar refractivity (Wildman–Crippen MR) is 79.7 cm³/mol. The molecule has 2 rings (SSSR count). The maximum absolute atomic E-state index is 5.62. The van der Waals surface area contributed by atoms with E-state index in [-0.39, 0.29) is 0 Å². The van der Waals surface area contributed by atoms with Crippen molar-refractivity contribution >= 4 is 28.4 Å². The van der Waals surface area contributed by atoms with E-state index in [2.05, 4.69) is 37.9 Å². The van der Waals surface area contributed by atoms with Crippen molar-refractivity contribution in [2.45, 2.75) is 13.5 Å². The minimum Gasteiger partial charge on any atom is -0.487 e. The molecule has 0 aliphatic carbocycles. The van der Waals surface area contributed by atoms with E-state index in [0.717, 1.165) is 23.8 Å². The van der Waals surface area contributed by atoms with Crippen molar-refractivity contribution < 1.29 is 4.74 Å². The van der Waals surface area contributed by atoms with E-state index in [9.17, 15) is 0 Å². The Hall–Kier alpha value is -1.37. The van der Waals surface area contributed by atoms with Crippen LogP contribution >= 0.6 is 22.6 Å². The molecule has 0 atom stereocenters. The Morgan fingerprint density at radius 2 is 1.94 bits per heavy atom. The van der Waals surface area contributed by atoms with Gasteiger partial charge >= 0.3 is 0 Å². The second kappa shape index (κ2) is 6.53. The Morgan fingerprint density at radius 3 is 2.56 bits per heavy atom. The fourth-order valence-electron chi connectivity index (χ4n) is 1.39. The van der Waals surface area contributed by atoms with Gasteiger partial charge in [0.1, 0.15) is 18.2 Å². The highest BCUT2D eigenvalue weighted by atomic mass is 127. The Kier molecular flexibility index (Phi) is 4.74. The lowest BCUT2D eigenvalue weighted by molar-refractivity contribution is 0.301. The zero-order chi connectivity index (χ0) is 12.8. The first-order valence-corrected chi connectivity index (χ1v) is 6.79. The monoisotopic (exact) mass is 355 g/mol. The third-order valence-corrected chi connectivity index (χ3v) is 2.98. The number of ether oxygens (including phenoxy) is 1. The van der Waals surface area contributed by atoms with Gasteiger partial charge in [-0.2, -0.15) is 0 Å². The Morgan fingerprint density at radius 1 is 1.17 bits per heavy atom. The number of aromatic nitrogens is 2. The molecule has 0 spiro atoms.